The number of piperazine rings is 1. The Morgan fingerprint density at radius 2 is 0.767 bits per heavy atom. The largest absolute Gasteiger partial charge is 0.357 e. The van der Waals surface area contributed by atoms with Crippen molar-refractivity contribution in [3.8, 4) is 0 Å². The van der Waals surface area contributed by atoms with Crippen LogP contribution in [0.3, 0.4) is 0 Å². The van der Waals surface area contributed by atoms with E-state index in [4.69, 9.17) is 0 Å². The molecule has 3 unspecified atom stereocenters. The monoisotopic (exact) mass is 1020 g/mol. The normalized spacial score (nSPS) is 27.1. The lowest BCUT2D eigenvalue weighted by Gasteiger charge is -2.40. The molecular formula is C64H121N9. The Morgan fingerprint density at radius 3 is 1.18 bits per heavy atom. The first kappa shape index (κ1) is 62.3. The number of piperidine rings is 3. The molecule has 5 atom stereocenters. The lowest BCUT2D eigenvalue weighted by Crippen LogP contribution is -2.50. The maximum atomic E-state index is 3.56. The third-order valence-electron chi connectivity index (χ3n) is 18.6. The van der Waals surface area contributed by atoms with Crippen molar-refractivity contribution < 1.29 is 0 Å². The van der Waals surface area contributed by atoms with Crippen LogP contribution in [-0.2, 0) is 13.0 Å². The molecule has 9 heteroatoms. The van der Waals surface area contributed by atoms with E-state index < -0.39 is 0 Å². The van der Waals surface area contributed by atoms with Gasteiger partial charge in [-0.25, -0.2) is 0 Å². The molecule has 422 valence electrons. The highest BCUT2D eigenvalue weighted by Gasteiger charge is 2.40. The Morgan fingerprint density at radius 1 is 0.384 bits per heavy atom. The van der Waals surface area contributed by atoms with E-state index in [0.29, 0.717) is 18.1 Å². The van der Waals surface area contributed by atoms with Crippen LogP contribution in [0.4, 0.5) is 0 Å². The van der Waals surface area contributed by atoms with Crippen molar-refractivity contribution in [2.45, 2.75) is 287 Å². The van der Waals surface area contributed by atoms with E-state index in [-0.39, 0.29) is 0 Å². The molecule has 2 aromatic rings. The molecule has 7 fully saturated rings. The van der Waals surface area contributed by atoms with E-state index in [1.807, 2.05) is 0 Å². The Balaban J connectivity index is 0.000000164. The zero-order valence-electron chi connectivity index (χ0n) is 51.3. The minimum atomic E-state index is 0.638. The summed E-state index contributed by atoms with van der Waals surface area (Å²) < 4.78 is 0. The van der Waals surface area contributed by atoms with Gasteiger partial charge in [0.25, 0.3) is 0 Å². The zero-order valence-corrected chi connectivity index (χ0v) is 51.3. The van der Waals surface area contributed by atoms with Crippen molar-refractivity contribution in [2.75, 3.05) is 72.0 Å². The fraction of sp³-hybridized carbons (Fsp3) is 0.875. The maximum Gasteiger partial charge on any atom is 0.0459 e. The third kappa shape index (κ3) is 19.1. The highest BCUT2D eigenvalue weighted by molar-refractivity contribution is 5.84. The van der Waals surface area contributed by atoms with Crippen molar-refractivity contribution in [2.24, 2.45) is 5.92 Å². The average Bonchev–Trinajstić information content (AvgIpc) is 3.87. The topological polar surface area (TPSA) is 41.7 Å². The molecule has 0 saturated carbocycles. The van der Waals surface area contributed by atoms with Crippen molar-refractivity contribution in [3.63, 3.8) is 0 Å². The Kier molecular flexibility index (Phi) is 26.6. The van der Waals surface area contributed by atoms with Gasteiger partial charge in [-0.3, -0.25) is 34.3 Å². The number of hydrogen-bond donors (Lipinski definition) is 1. The molecule has 4 bridgehead atoms. The summed E-state index contributed by atoms with van der Waals surface area (Å²) in [4.78, 5) is 24.4. The smallest absolute Gasteiger partial charge is 0.0459 e. The van der Waals surface area contributed by atoms with Gasteiger partial charge in [-0.1, -0.05) is 38.0 Å². The van der Waals surface area contributed by atoms with Crippen molar-refractivity contribution in [1.29, 1.82) is 0 Å². The number of nitrogens with zero attached hydrogens (tertiary/aromatic N) is 8. The van der Waals surface area contributed by atoms with Crippen molar-refractivity contribution in [1.82, 2.24) is 44.2 Å². The fourth-order valence-electron chi connectivity index (χ4n) is 14.2. The molecule has 10 rings (SSSR count). The van der Waals surface area contributed by atoms with Crippen LogP contribution >= 0.6 is 0 Å². The molecule has 7 saturated heterocycles. The molecule has 73 heavy (non-hydrogen) atoms. The first-order chi connectivity index (χ1) is 34.7. The average molecular weight is 1020 g/mol. The van der Waals surface area contributed by atoms with Crippen LogP contribution in [-0.4, -0.2) is 189 Å². The van der Waals surface area contributed by atoms with Crippen LogP contribution in [0.25, 0.3) is 10.9 Å². The summed E-state index contributed by atoms with van der Waals surface area (Å²) >= 11 is 0. The van der Waals surface area contributed by atoms with Gasteiger partial charge >= 0.3 is 0 Å². The van der Waals surface area contributed by atoms with Gasteiger partial charge in [-0.2, -0.15) is 0 Å². The first-order valence-corrected chi connectivity index (χ1v) is 31.3. The molecule has 8 aliphatic rings. The van der Waals surface area contributed by atoms with Gasteiger partial charge in [0, 0.05) is 141 Å². The summed E-state index contributed by atoms with van der Waals surface area (Å²) in [6, 6.07) is 18.2. The van der Waals surface area contributed by atoms with Crippen LogP contribution in [0.2, 0.25) is 0 Å². The summed E-state index contributed by atoms with van der Waals surface area (Å²) in [7, 11) is 0. The second-order valence-corrected chi connectivity index (χ2v) is 26.4. The Hall–Kier alpha value is -1.56. The number of nitrogens with one attached hydrogen (secondary N) is 1. The van der Waals surface area contributed by atoms with E-state index in [1.54, 1.807) is 0 Å². The van der Waals surface area contributed by atoms with E-state index in [9.17, 15) is 0 Å². The Bertz CT molecular complexity index is 1710. The highest BCUT2D eigenvalue weighted by atomic mass is 15.3. The second-order valence-electron chi connectivity index (χ2n) is 26.4. The SMILES string of the molecule is CC(C)N1C2CCCC1CC2.CC(C)N1CCCCC1.CC(C)N1CCCN(C(C)C)CC1.CC(C)N1CCN(C(C)C)CC1.CC(C)N1CCc2c([nH]c3ccccc23)C1.CC1C[C@H]2CC[C@@H](C1)N2C(C)C. The molecule has 0 amide bonds. The fourth-order valence-corrected chi connectivity index (χ4v) is 14.2. The van der Waals surface area contributed by atoms with Gasteiger partial charge in [0.1, 0.15) is 0 Å². The molecule has 0 aliphatic carbocycles. The lowest BCUT2D eigenvalue weighted by molar-refractivity contribution is 0.0786. The predicted octanol–water partition coefficient (Wildman–Crippen LogP) is 13.1. The van der Waals surface area contributed by atoms with E-state index in [0.717, 1.165) is 66.8 Å². The first-order valence-electron chi connectivity index (χ1n) is 31.3. The molecule has 1 N–H and O–H groups in total. The third-order valence-corrected chi connectivity index (χ3v) is 18.6. The van der Waals surface area contributed by atoms with Gasteiger partial charge < -0.3 is 9.88 Å². The number of aromatic nitrogens is 1. The number of benzene rings is 1. The minimum Gasteiger partial charge on any atom is -0.357 e. The Labute approximate surface area is 453 Å². The lowest BCUT2D eigenvalue weighted by atomic mass is 9.91. The number of aromatic amines is 1. The molecule has 9 heterocycles. The second kappa shape index (κ2) is 31.1. The van der Waals surface area contributed by atoms with Gasteiger partial charge in [-0.05, 0) is 232 Å². The molecule has 8 aliphatic heterocycles. The molecule has 1 aromatic heterocycles. The summed E-state index contributed by atoms with van der Waals surface area (Å²) in [5.41, 5.74) is 4.24. The van der Waals surface area contributed by atoms with Gasteiger partial charge in [-0.15, -0.1) is 0 Å². The maximum absolute atomic E-state index is 3.56. The number of hydrogen-bond acceptors (Lipinski definition) is 8. The van der Waals surface area contributed by atoms with Crippen LogP contribution in [0.5, 0.6) is 0 Å². The molecular weight excluding hydrogens is 895 g/mol. The molecule has 9 nitrogen and oxygen atoms in total. The molecule has 1 aromatic carbocycles. The molecule has 0 spiro atoms. The highest BCUT2D eigenvalue weighted by Crippen LogP contribution is 2.40. The van der Waals surface area contributed by atoms with Gasteiger partial charge in [0.05, 0.1) is 0 Å². The summed E-state index contributed by atoms with van der Waals surface area (Å²) in [6.07, 6.45) is 20.0. The number of rotatable bonds is 8. The van der Waals surface area contributed by atoms with Crippen LogP contribution in [0.1, 0.15) is 212 Å². The number of likely N-dealkylation sites (tertiary alicyclic amines) is 1. The zero-order chi connectivity index (χ0) is 53.4. The van der Waals surface area contributed by atoms with E-state index in [2.05, 4.69) is 186 Å². The van der Waals surface area contributed by atoms with Crippen LogP contribution in [0.15, 0.2) is 24.3 Å². The summed E-state index contributed by atoms with van der Waals surface area (Å²) in [5, 5.41) is 1.42. The standard InChI is InChI=1S/C14H18N2.C11H24N2.C11H21N.C10H22N2.C10H19N.C8H17N/c1-10(2)16-8-7-12-11-5-3-4-6-13(11)15-14(12)9-16;1-10(2)12-6-5-7-13(9-8-12)11(3)4;1-8(2)12-10-4-5-11(12)7-9(3)6-10;1-9(2)11-5-7-12(8-6-11)10(3)4;1-8(2)11-9-4-3-5-10(11)7-6-9;1-8(2)9-6-4-3-5-7-9/h3-6,10,15H,7-9H2,1-2H3;10-11H,5-9H2,1-4H3;8-11H,4-7H2,1-3H3;9-10H,5-8H2,1-4H3;8-10H,3-7H2,1-2H3;8H,3-7H2,1-2H3/t;;9?,10-,11+;;;. The number of H-pyrrole nitrogens is 1. The summed E-state index contributed by atoms with van der Waals surface area (Å²) in [6.45, 7) is 54.2. The van der Waals surface area contributed by atoms with Crippen molar-refractivity contribution >= 4 is 10.9 Å². The van der Waals surface area contributed by atoms with Gasteiger partial charge in [0.15, 0.2) is 0 Å². The quantitative estimate of drug-likeness (QED) is 0.281. The van der Waals surface area contributed by atoms with E-state index >= 15 is 0 Å². The molecule has 0 radical (unpaired) electrons. The number of fused-ring (bicyclic) bond motifs is 7. The van der Waals surface area contributed by atoms with Gasteiger partial charge in [0.2, 0.25) is 0 Å². The number of para-hydroxylation sites is 1. The van der Waals surface area contributed by atoms with Crippen molar-refractivity contribution in [3.05, 3.63) is 35.5 Å². The van der Waals surface area contributed by atoms with E-state index in [1.165, 1.54) is 184 Å². The summed E-state index contributed by atoms with van der Waals surface area (Å²) in [5.74, 6) is 0.984. The minimum absolute atomic E-state index is 0.638. The van der Waals surface area contributed by atoms with Crippen LogP contribution < -0.4 is 0 Å². The van der Waals surface area contributed by atoms with Crippen LogP contribution in [0, 0.1) is 5.92 Å². The predicted molar refractivity (Wildman–Crippen MR) is 319 cm³/mol.